The van der Waals surface area contributed by atoms with Gasteiger partial charge in [0.2, 0.25) is 0 Å². The monoisotopic (exact) mass is 247 g/mol. The van der Waals surface area contributed by atoms with Crippen LogP contribution in [0.4, 0.5) is 5.69 Å². The Morgan fingerprint density at radius 1 is 1.33 bits per heavy atom. The molecule has 5 N–H and O–H groups in total. The SMILES string of the molecule is CN(C)CCCC1(N)N=C(N)c2ccccc2N1. The number of aliphatic imine (C=N–C) groups is 1. The Morgan fingerprint density at radius 2 is 2.06 bits per heavy atom. The van der Waals surface area contributed by atoms with Gasteiger partial charge >= 0.3 is 0 Å². The van der Waals surface area contributed by atoms with E-state index in [4.69, 9.17) is 11.5 Å². The number of benzene rings is 1. The second kappa shape index (κ2) is 4.96. The molecule has 0 saturated heterocycles. The molecular formula is C13H21N5. The minimum atomic E-state index is -0.783. The third-order valence-electron chi connectivity index (χ3n) is 3.04. The van der Waals surface area contributed by atoms with Crippen LogP contribution in [0.1, 0.15) is 18.4 Å². The highest BCUT2D eigenvalue weighted by atomic mass is 15.3. The normalized spacial score (nSPS) is 22.3. The van der Waals surface area contributed by atoms with E-state index in [9.17, 15) is 0 Å². The fourth-order valence-corrected chi connectivity index (χ4v) is 2.13. The van der Waals surface area contributed by atoms with E-state index in [0.717, 1.165) is 30.6 Å². The van der Waals surface area contributed by atoms with Gasteiger partial charge in [0.15, 0.2) is 5.79 Å². The molecule has 0 spiro atoms. The summed E-state index contributed by atoms with van der Waals surface area (Å²) >= 11 is 0. The molecular weight excluding hydrogens is 226 g/mol. The van der Waals surface area contributed by atoms with Crippen molar-refractivity contribution in [3.63, 3.8) is 0 Å². The van der Waals surface area contributed by atoms with Crippen molar-refractivity contribution in [2.45, 2.75) is 18.6 Å². The van der Waals surface area contributed by atoms with Crippen LogP contribution >= 0.6 is 0 Å². The first kappa shape index (κ1) is 12.9. The molecule has 1 unspecified atom stereocenters. The molecule has 0 saturated carbocycles. The van der Waals surface area contributed by atoms with Crippen molar-refractivity contribution in [3.8, 4) is 0 Å². The van der Waals surface area contributed by atoms with Crippen LogP contribution in [0.15, 0.2) is 29.3 Å². The van der Waals surface area contributed by atoms with Crippen molar-refractivity contribution in [2.24, 2.45) is 16.5 Å². The number of rotatable bonds is 4. The average Bonchev–Trinajstić information content (AvgIpc) is 2.28. The summed E-state index contributed by atoms with van der Waals surface area (Å²) in [6.07, 6.45) is 1.72. The van der Waals surface area contributed by atoms with E-state index in [0.29, 0.717) is 5.84 Å². The Bertz CT molecular complexity index is 454. The second-order valence-corrected chi connectivity index (χ2v) is 5.00. The third kappa shape index (κ3) is 2.80. The lowest BCUT2D eigenvalue weighted by Crippen LogP contribution is -2.50. The number of para-hydroxylation sites is 1. The van der Waals surface area contributed by atoms with Crippen molar-refractivity contribution >= 4 is 11.5 Å². The largest absolute Gasteiger partial charge is 0.383 e. The maximum Gasteiger partial charge on any atom is 0.184 e. The van der Waals surface area contributed by atoms with Gasteiger partial charge in [0, 0.05) is 17.7 Å². The van der Waals surface area contributed by atoms with E-state index in [1.54, 1.807) is 0 Å². The van der Waals surface area contributed by atoms with Crippen LogP contribution in [-0.2, 0) is 0 Å². The Kier molecular flexibility index (Phi) is 3.54. The van der Waals surface area contributed by atoms with Gasteiger partial charge in [-0.25, -0.2) is 4.99 Å². The minimum Gasteiger partial charge on any atom is -0.383 e. The van der Waals surface area contributed by atoms with Crippen molar-refractivity contribution in [3.05, 3.63) is 29.8 Å². The quantitative estimate of drug-likeness (QED) is 0.734. The number of nitrogens with two attached hydrogens (primary N) is 2. The maximum absolute atomic E-state index is 6.25. The van der Waals surface area contributed by atoms with Crippen LogP contribution in [-0.4, -0.2) is 37.2 Å². The van der Waals surface area contributed by atoms with Gasteiger partial charge in [0.1, 0.15) is 5.84 Å². The standard InChI is InChI=1S/C13H21N5/c1-18(2)9-5-8-13(15)16-11-7-4-3-6-10(11)12(14)17-13/h3-4,6-7,16H,5,8-9,15H2,1-2H3,(H2,14,17). The van der Waals surface area contributed by atoms with Crippen LogP contribution in [0.2, 0.25) is 0 Å². The molecule has 98 valence electrons. The van der Waals surface area contributed by atoms with Crippen molar-refractivity contribution in [2.75, 3.05) is 26.0 Å². The Labute approximate surface area is 108 Å². The molecule has 5 nitrogen and oxygen atoms in total. The number of amidine groups is 1. The minimum absolute atomic E-state index is 0.511. The lowest BCUT2D eigenvalue weighted by molar-refractivity contribution is 0.358. The Balaban J connectivity index is 2.11. The molecule has 0 amide bonds. The van der Waals surface area contributed by atoms with E-state index < -0.39 is 5.79 Å². The highest BCUT2D eigenvalue weighted by Gasteiger charge is 2.29. The summed E-state index contributed by atoms with van der Waals surface area (Å²) in [4.78, 5) is 6.53. The molecule has 0 bridgehead atoms. The second-order valence-electron chi connectivity index (χ2n) is 5.00. The molecule has 0 aliphatic carbocycles. The van der Waals surface area contributed by atoms with E-state index in [-0.39, 0.29) is 0 Å². The van der Waals surface area contributed by atoms with Crippen LogP contribution in [0.3, 0.4) is 0 Å². The first-order valence-corrected chi connectivity index (χ1v) is 6.17. The zero-order valence-corrected chi connectivity index (χ0v) is 11.0. The number of nitrogens with zero attached hydrogens (tertiary/aromatic N) is 2. The fourth-order valence-electron chi connectivity index (χ4n) is 2.13. The molecule has 0 fully saturated rings. The van der Waals surface area contributed by atoms with E-state index >= 15 is 0 Å². The van der Waals surface area contributed by atoms with Gasteiger partial charge in [-0.05, 0) is 39.2 Å². The van der Waals surface area contributed by atoms with Gasteiger partial charge in [-0.15, -0.1) is 0 Å². The Hall–Kier alpha value is -1.59. The first-order chi connectivity index (χ1) is 8.50. The van der Waals surface area contributed by atoms with E-state index in [1.165, 1.54) is 0 Å². The summed E-state index contributed by atoms with van der Waals surface area (Å²) in [5.41, 5.74) is 14.1. The summed E-state index contributed by atoms with van der Waals surface area (Å²) in [7, 11) is 4.09. The molecule has 1 aliphatic heterocycles. The molecule has 1 aliphatic rings. The number of nitrogens with one attached hydrogen (secondary N) is 1. The van der Waals surface area contributed by atoms with Crippen LogP contribution in [0, 0.1) is 0 Å². The number of fused-ring (bicyclic) bond motifs is 1. The predicted molar refractivity (Wildman–Crippen MR) is 75.5 cm³/mol. The number of hydrogen-bond acceptors (Lipinski definition) is 5. The molecule has 0 aromatic heterocycles. The third-order valence-corrected chi connectivity index (χ3v) is 3.04. The highest BCUT2D eigenvalue weighted by molar-refractivity contribution is 6.04. The smallest absolute Gasteiger partial charge is 0.184 e. The average molecular weight is 247 g/mol. The highest BCUT2D eigenvalue weighted by Crippen LogP contribution is 2.26. The molecule has 1 aromatic rings. The zero-order chi connectivity index (χ0) is 13.2. The van der Waals surface area contributed by atoms with Gasteiger partial charge in [-0.2, -0.15) is 0 Å². The maximum atomic E-state index is 6.25. The van der Waals surface area contributed by atoms with E-state index in [1.807, 2.05) is 38.4 Å². The predicted octanol–water partition coefficient (Wildman–Crippen LogP) is 0.772. The first-order valence-electron chi connectivity index (χ1n) is 6.17. The van der Waals surface area contributed by atoms with Gasteiger partial charge in [-0.3, -0.25) is 5.73 Å². The van der Waals surface area contributed by atoms with E-state index in [2.05, 4.69) is 15.2 Å². The van der Waals surface area contributed by atoms with Crippen molar-refractivity contribution in [1.82, 2.24) is 4.90 Å². The van der Waals surface area contributed by atoms with Crippen LogP contribution in [0.5, 0.6) is 0 Å². The lowest BCUT2D eigenvalue weighted by Gasteiger charge is -2.33. The zero-order valence-electron chi connectivity index (χ0n) is 11.0. The summed E-state index contributed by atoms with van der Waals surface area (Å²) < 4.78 is 0. The van der Waals surface area contributed by atoms with Crippen LogP contribution < -0.4 is 16.8 Å². The molecule has 1 aromatic carbocycles. The lowest BCUT2D eigenvalue weighted by atomic mass is 10.1. The molecule has 1 atom stereocenters. The molecule has 5 heteroatoms. The Morgan fingerprint density at radius 3 is 2.78 bits per heavy atom. The summed E-state index contributed by atoms with van der Waals surface area (Å²) in [6.45, 7) is 0.984. The molecule has 1 heterocycles. The molecule has 2 rings (SSSR count). The molecule has 0 radical (unpaired) electrons. The molecule has 18 heavy (non-hydrogen) atoms. The number of anilines is 1. The summed E-state index contributed by atoms with van der Waals surface area (Å²) in [5.74, 6) is -0.272. The van der Waals surface area contributed by atoms with Gasteiger partial charge in [-0.1, -0.05) is 12.1 Å². The topological polar surface area (TPSA) is 79.7 Å². The fraction of sp³-hybridized carbons (Fsp3) is 0.462. The van der Waals surface area contributed by atoms with Gasteiger partial charge in [0.05, 0.1) is 0 Å². The van der Waals surface area contributed by atoms with Crippen molar-refractivity contribution in [1.29, 1.82) is 0 Å². The number of hydrogen-bond donors (Lipinski definition) is 3. The summed E-state index contributed by atoms with van der Waals surface area (Å²) in [5, 5.41) is 3.27. The van der Waals surface area contributed by atoms with Gasteiger partial charge < -0.3 is 16.0 Å². The van der Waals surface area contributed by atoms with Crippen molar-refractivity contribution < 1.29 is 0 Å². The summed E-state index contributed by atoms with van der Waals surface area (Å²) in [6, 6.07) is 7.83. The van der Waals surface area contributed by atoms with Gasteiger partial charge in [0.25, 0.3) is 0 Å². The van der Waals surface area contributed by atoms with Crippen LogP contribution in [0.25, 0.3) is 0 Å².